The zero-order valence-corrected chi connectivity index (χ0v) is 11.1. The monoisotopic (exact) mass is 312 g/mol. The molecule has 1 aromatic heterocycles. The van der Waals surface area contributed by atoms with Crippen molar-refractivity contribution in [3.05, 3.63) is 53.5 Å². The van der Waals surface area contributed by atoms with Gasteiger partial charge in [-0.1, -0.05) is 12.1 Å². The lowest BCUT2D eigenvalue weighted by Crippen LogP contribution is -2.14. The van der Waals surface area contributed by atoms with E-state index in [4.69, 9.17) is 4.74 Å². The van der Waals surface area contributed by atoms with Crippen molar-refractivity contribution < 1.29 is 27.1 Å². The first kappa shape index (κ1) is 15.6. The van der Waals surface area contributed by atoms with Crippen molar-refractivity contribution in [2.24, 2.45) is 0 Å². The predicted molar refractivity (Wildman–Crippen MR) is 67.8 cm³/mol. The van der Waals surface area contributed by atoms with E-state index in [1.165, 1.54) is 25.4 Å². The lowest BCUT2D eigenvalue weighted by molar-refractivity contribution is -0.137. The standard InChI is InChI=1S/C14H8F4N2O2/c1-22-12-7-9(4-5-19-12)20-13(21)10-3-2-8(6-11(10)15)14(16,17)18/h4-7H,1H3,(H,19,20,21). The Kier molecular flexibility index (Phi) is 4.17. The maximum absolute atomic E-state index is 13.6. The summed E-state index contributed by atoms with van der Waals surface area (Å²) < 4.78 is 55.6. The number of amides is 1. The third kappa shape index (κ3) is 3.44. The van der Waals surface area contributed by atoms with Gasteiger partial charge >= 0.3 is 6.18 Å². The number of alkyl halides is 3. The largest absolute Gasteiger partial charge is 0.481 e. The molecule has 22 heavy (non-hydrogen) atoms. The molecule has 1 aromatic carbocycles. The maximum Gasteiger partial charge on any atom is 0.424 e. The lowest BCUT2D eigenvalue weighted by atomic mass is 10.1. The minimum atomic E-state index is -4.76. The molecule has 0 aliphatic carbocycles. The molecule has 0 bridgehead atoms. The number of pyridine rings is 1. The highest BCUT2D eigenvalue weighted by atomic mass is 19.4. The maximum atomic E-state index is 13.6. The van der Waals surface area contributed by atoms with Gasteiger partial charge in [-0.05, 0) is 12.1 Å². The van der Waals surface area contributed by atoms with E-state index in [2.05, 4.69) is 10.3 Å². The molecule has 0 radical (unpaired) electrons. The molecule has 0 saturated heterocycles. The molecule has 0 fully saturated rings. The molecule has 1 N–H and O–H groups in total. The van der Waals surface area contributed by atoms with Gasteiger partial charge in [0.15, 0.2) is 0 Å². The Morgan fingerprint density at radius 2 is 2.05 bits per heavy atom. The quantitative estimate of drug-likeness (QED) is 0.886. The second kappa shape index (κ2) is 5.89. The fourth-order valence-electron chi connectivity index (χ4n) is 1.53. The third-order valence-electron chi connectivity index (χ3n) is 2.57. The number of carbonyl (C=O) groups excluding carboxylic acids is 1. The topological polar surface area (TPSA) is 51.2 Å². The molecule has 0 aliphatic rings. The van der Waals surface area contributed by atoms with Gasteiger partial charge in [0, 0.05) is 18.0 Å². The highest BCUT2D eigenvalue weighted by molar-refractivity contribution is 6.04. The van der Waals surface area contributed by atoms with Crippen LogP contribution < -0.4 is 10.1 Å². The highest BCUT2D eigenvalue weighted by Crippen LogP contribution is 2.28. The van der Waals surface area contributed by atoms with E-state index >= 15 is 0 Å². The molecule has 8 heteroatoms. The van der Waals surface area contributed by atoms with Crippen LogP contribution in [0.4, 0.5) is 23.2 Å². The van der Waals surface area contributed by atoms with E-state index in [9.17, 15) is 22.4 Å². The Morgan fingerprint density at radius 3 is 2.64 bits per heavy atom. The molecule has 2 rings (SSSR count). The smallest absolute Gasteiger partial charge is 0.424 e. The molecule has 0 unspecified atom stereocenters. The van der Waals surface area contributed by atoms with Crippen LogP contribution in [0.25, 0.3) is 0 Å². The van der Waals surface area contributed by atoms with E-state index in [-0.39, 0.29) is 17.6 Å². The van der Waals surface area contributed by atoms with Crippen LogP contribution in [-0.4, -0.2) is 18.0 Å². The highest BCUT2D eigenvalue weighted by Gasteiger charge is 2.32. The van der Waals surface area contributed by atoms with Gasteiger partial charge in [0.25, 0.3) is 5.91 Å². The molecule has 1 amide bonds. The first-order valence-corrected chi connectivity index (χ1v) is 5.83. The first-order valence-electron chi connectivity index (χ1n) is 5.83. The summed E-state index contributed by atoms with van der Waals surface area (Å²) in [6, 6.07) is 6.57. The molecule has 4 nitrogen and oxygen atoms in total. The van der Waals surface area contributed by atoms with Crippen molar-refractivity contribution in [2.45, 2.75) is 6.18 Å². The van der Waals surface area contributed by atoms with Crippen molar-refractivity contribution in [1.29, 1.82) is 0 Å². The summed E-state index contributed by atoms with van der Waals surface area (Å²) in [5.74, 6) is -2.10. The molecule has 2 aromatic rings. The summed E-state index contributed by atoms with van der Waals surface area (Å²) in [5.41, 5.74) is -1.78. The van der Waals surface area contributed by atoms with Gasteiger partial charge < -0.3 is 10.1 Å². The minimum Gasteiger partial charge on any atom is -0.481 e. The van der Waals surface area contributed by atoms with E-state index < -0.39 is 29.0 Å². The average Bonchev–Trinajstić information content (AvgIpc) is 2.46. The Hall–Kier alpha value is -2.82. The summed E-state index contributed by atoms with van der Waals surface area (Å²) >= 11 is 0. The third-order valence-corrected chi connectivity index (χ3v) is 2.57. The number of ether oxygens (including phenoxy) is 1. The number of anilines is 1. The number of nitrogens with zero attached hydrogens (tertiary/aromatic N) is 1. The van der Waals surface area contributed by atoms with Gasteiger partial charge in [0.2, 0.25) is 5.88 Å². The van der Waals surface area contributed by atoms with Gasteiger partial charge in [0.05, 0.1) is 7.11 Å². The second-order valence-electron chi connectivity index (χ2n) is 4.07. The van der Waals surface area contributed by atoms with E-state index in [0.29, 0.717) is 0 Å². The predicted octanol–water partition coefficient (Wildman–Crippen LogP) is 3.10. The number of aromatic nitrogens is 1. The Balaban J connectivity index is 2.22. The van der Waals surface area contributed by atoms with Crippen molar-refractivity contribution in [2.75, 3.05) is 12.4 Å². The number of methoxy groups -OCH3 is 1. The fourth-order valence-corrected chi connectivity index (χ4v) is 1.53. The van der Waals surface area contributed by atoms with Crippen LogP contribution in [0.3, 0.4) is 0 Å². The number of carbonyl (C=O) groups is 1. The van der Waals surface area contributed by atoms with Crippen LogP contribution in [0.15, 0.2) is 24.4 Å². The lowest BCUT2D eigenvalue weighted by Gasteiger charge is -2.07. The number of halogens is 4. The average molecular weight is 312 g/mol. The zero-order valence-electron chi connectivity index (χ0n) is 11.1. The van der Waals surface area contributed by atoms with Crippen LogP contribution in [0.2, 0.25) is 0 Å². The normalized spacial score (nSPS) is 10.8. The molecule has 114 valence electrons. The fraction of sp³-hybridized carbons (Fsp3) is 0.143. The number of nitrogens with one attached hydrogen (secondary N) is 1. The Bertz CT molecular complexity index is 701. The van der Waals surface area contributed by atoms with Crippen LogP contribution in [0, 0.1) is 17.9 Å². The van der Waals surface area contributed by atoms with Crippen molar-refractivity contribution in [3.63, 3.8) is 0 Å². The van der Waals surface area contributed by atoms with Crippen LogP contribution in [0.5, 0.6) is 5.88 Å². The van der Waals surface area contributed by atoms with Crippen molar-refractivity contribution in [1.82, 2.24) is 4.98 Å². The summed E-state index contributed by atoms with van der Waals surface area (Å²) in [4.78, 5) is 15.7. The Morgan fingerprint density at radius 1 is 1.32 bits per heavy atom. The van der Waals surface area contributed by atoms with Gasteiger partial charge in [-0.25, -0.2) is 9.37 Å². The van der Waals surface area contributed by atoms with Crippen LogP contribution >= 0.6 is 0 Å². The first-order chi connectivity index (χ1) is 10.3. The number of hydrogen-bond donors (Lipinski definition) is 1. The summed E-state index contributed by atoms with van der Waals surface area (Å²) in [7, 11) is 1.37. The number of rotatable bonds is 3. The van der Waals surface area contributed by atoms with Crippen molar-refractivity contribution >= 4 is 11.6 Å². The molecule has 0 aliphatic heterocycles. The molecular formula is C14H8F4N2O2. The van der Waals surface area contributed by atoms with E-state index in [1.807, 2.05) is 6.07 Å². The Labute approximate surface area is 122 Å². The molecule has 0 saturated carbocycles. The minimum absolute atomic E-state index is 0.193. The zero-order chi connectivity index (χ0) is 16.3. The van der Waals surface area contributed by atoms with E-state index in [1.54, 1.807) is 6.07 Å². The summed E-state index contributed by atoms with van der Waals surface area (Å²) in [6.45, 7) is 0. The SMILES string of the molecule is COc1cc(NC(=O)c2c#cc(C(F)(F)F)cc2F)ccn1. The second-order valence-corrected chi connectivity index (χ2v) is 4.07. The van der Waals surface area contributed by atoms with Crippen LogP contribution in [0.1, 0.15) is 15.9 Å². The van der Waals surface area contributed by atoms with Gasteiger partial charge in [-0.3, -0.25) is 4.79 Å². The molecule has 0 spiro atoms. The molecular weight excluding hydrogens is 304 g/mol. The van der Waals surface area contributed by atoms with Crippen molar-refractivity contribution in [3.8, 4) is 5.88 Å². The van der Waals surface area contributed by atoms with Gasteiger partial charge in [0.1, 0.15) is 16.9 Å². The summed E-state index contributed by atoms with van der Waals surface area (Å²) in [5, 5.41) is 2.30. The molecule has 0 atom stereocenters. The van der Waals surface area contributed by atoms with Gasteiger partial charge in [-0.2, -0.15) is 13.2 Å². The summed E-state index contributed by atoms with van der Waals surface area (Å²) in [6.07, 6.45) is -3.42. The van der Waals surface area contributed by atoms with Gasteiger partial charge in [-0.15, -0.1) is 0 Å². The van der Waals surface area contributed by atoms with E-state index in [0.717, 1.165) is 0 Å². The number of hydrogen-bond acceptors (Lipinski definition) is 3. The molecule has 1 heterocycles. The van der Waals surface area contributed by atoms with Crippen LogP contribution in [-0.2, 0) is 6.18 Å².